The van der Waals surface area contributed by atoms with Crippen LogP contribution in [-0.2, 0) is 17.8 Å². The summed E-state index contributed by atoms with van der Waals surface area (Å²) >= 11 is 0. The summed E-state index contributed by atoms with van der Waals surface area (Å²) in [6.07, 6.45) is 4.03. The van der Waals surface area contributed by atoms with E-state index in [1.807, 2.05) is 24.3 Å². The Labute approximate surface area is 121 Å². The van der Waals surface area contributed by atoms with E-state index < -0.39 is 5.97 Å². The normalized spacial score (nSPS) is 10.9. The lowest BCUT2D eigenvalue weighted by atomic mass is 10.1. The van der Waals surface area contributed by atoms with Gasteiger partial charge in [0.25, 0.3) is 0 Å². The number of fused-ring (bicyclic) bond motifs is 1. The molecule has 6 nitrogen and oxygen atoms in total. The Balaban J connectivity index is 1.74. The maximum atomic E-state index is 10.5. The van der Waals surface area contributed by atoms with E-state index in [0.717, 1.165) is 16.5 Å². The molecule has 0 saturated carbocycles. The third-order valence-corrected chi connectivity index (χ3v) is 3.19. The highest BCUT2D eigenvalue weighted by Gasteiger charge is 2.05. The van der Waals surface area contributed by atoms with Gasteiger partial charge in [-0.15, -0.1) is 5.10 Å². The molecule has 2 aromatic heterocycles. The molecule has 0 radical (unpaired) electrons. The quantitative estimate of drug-likeness (QED) is 0.773. The third kappa shape index (κ3) is 3.22. The minimum absolute atomic E-state index is 0.0698. The summed E-state index contributed by atoms with van der Waals surface area (Å²) in [5, 5.41) is 17.8. The van der Waals surface area contributed by atoms with Gasteiger partial charge in [-0.05, 0) is 23.8 Å². The molecule has 0 bridgehead atoms. The maximum Gasteiger partial charge on any atom is 0.303 e. The zero-order chi connectivity index (χ0) is 14.7. The van der Waals surface area contributed by atoms with Gasteiger partial charge in [-0.25, -0.2) is 4.68 Å². The van der Waals surface area contributed by atoms with Crippen LogP contribution in [-0.4, -0.2) is 31.1 Å². The molecule has 0 spiro atoms. The fourth-order valence-corrected chi connectivity index (χ4v) is 2.18. The van der Waals surface area contributed by atoms with E-state index in [1.165, 1.54) is 0 Å². The maximum absolute atomic E-state index is 10.5. The molecule has 6 heteroatoms. The molecule has 0 fully saturated rings. The van der Waals surface area contributed by atoms with Crippen molar-refractivity contribution in [3.05, 3.63) is 54.0 Å². The summed E-state index contributed by atoms with van der Waals surface area (Å²) in [6, 6.07) is 9.98. The van der Waals surface area contributed by atoms with Crippen LogP contribution in [0.3, 0.4) is 0 Å². The number of rotatable bonds is 5. The predicted molar refractivity (Wildman–Crippen MR) is 76.8 cm³/mol. The minimum Gasteiger partial charge on any atom is -0.481 e. The molecule has 0 aliphatic carbocycles. The number of hydrogen-bond acceptors (Lipinski definition) is 4. The van der Waals surface area contributed by atoms with Crippen molar-refractivity contribution in [2.45, 2.75) is 19.4 Å². The van der Waals surface area contributed by atoms with Gasteiger partial charge >= 0.3 is 5.97 Å². The number of benzene rings is 1. The summed E-state index contributed by atoms with van der Waals surface area (Å²) in [7, 11) is 0. The lowest BCUT2D eigenvalue weighted by Crippen LogP contribution is -2.00. The second-order valence-corrected chi connectivity index (χ2v) is 4.83. The molecule has 0 unspecified atom stereocenters. The van der Waals surface area contributed by atoms with E-state index in [-0.39, 0.29) is 6.42 Å². The Morgan fingerprint density at radius 3 is 3.05 bits per heavy atom. The lowest BCUT2D eigenvalue weighted by molar-refractivity contribution is -0.136. The van der Waals surface area contributed by atoms with Crippen molar-refractivity contribution in [2.24, 2.45) is 0 Å². The number of carboxylic acids is 1. The van der Waals surface area contributed by atoms with Crippen molar-refractivity contribution in [3.63, 3.8) is 0 Å². The number of aliphatic carboxylic acids is 1. The summed E-state index contributed by atoms with van der Waals surface area (Å²) in [5.74, 6) is -0.827. The molecule has 3 aromatic rings. The molecule has 1 aromatic carbocycles. The second-order valence-electron chi connectivity index (χ2n) is 4.83. The standard InChI is InChI=1S/C15H14N4O2/c20-15(21)6-4-13-10-19(18-17-13)9-11-3-5-14-12(8-11)2-1-7-16-14/h1-3,5,7-8,10H,4,6,9H2,(H,20,21). The molecule has 3 rings (SSSR count). The molecule has 21 heavy (non-hydrogen) atoms. The molecule has 1 N–H and O–H groups in total. The monoisotopic (exact) mass is 282 g/mol. The van der Waals surface area contributed by atoms with Crippen LogP contribution in [0.1, 0.15) is 17.7 Å². The number of hydrogen-bond donors (Lipinski definition) is 1. The molecule has 0 atom stereocenters. The molecule has 0 amide bonds. The van der Waals surface area contributed by atoms with E-state index in [9.17, 15) is 4.79 Å². The highest BCUT2D eigenvalue weighted by molar-refractivity contribution is 5.78. The van der Waals surface area contributed by atoms with Gasteiger partial charge in [0, 0.05) is 24.2 Å². The van der Waals surface area contributed by atoms with Crippen LogP contribution in [0.4, 0.5) is 0 Å². The van der Waals surface area contributed by atoms with Crippen molar-refractivity contribution < 1.29 is 9.90 Å². The molecule has 2 heterocycles. The van der Waals surface area contributed by atoms with Crippen molar-refractivity contribution in [3.8, 4) is 0 Å². The van der Waals surface area contributed by atoms with Gasteiger partial charge in [0.2, 0.25) is 0 Å². The van der Waals surface area contributed by atoms with Crippen LogP contribution in [0.15, 0.2) is 42.7 Å². The first-order valence-electron chi connectivity index (χ1n) is 6.65. The van der Waals surface area contributed by atoms with Crippen LogP contribution in [0.5, 0.6) is 0 Å². The summed E-state index contributed by atoms with van der Waals surface area (Å²) in [6.45, 7) is 0.602. The Kier molecular flexibility index (Phi) is 3.59. The van der Waals surface area contributed by atoms with Crippen LogP contribution in [0.25, 0.3) is 10.9 Å². The average molecular weight is 282 g/mol. The van der Waals surface area contributed by atoms with Crippen LogP contribution >= 0.6 is 0 Å². The minimum atomic E-state index is -0.827. The number of pyridine rings is 1. The molecule has 0 aliphatic heterocycles. The summed E-state index contributed by atoms with van der Waals surface area (Å²) < 4.78 is 1.72. The van der Waals surface area contributed by atoms with Crippen molar-refractivity contribution in [1.29, 1.82) is 0 Å². The van der Waals surface area contributed by atoms with Crippen molar-refractivity contribution in [1.82, 2.24) is 20.0 Å². The largest absolute Gasteiger partial charge is 0.481 e. The average Bonchev–Trinajstić information content (AvgIpc) is 2.92. The van der Waals surface area contributed by atoms with Crippen LogP contribution < -0.4 is 0 Å². The fraction of sp³-hybridized carbons (Fsp3) is 0.200. The van der Waals surface area contributed by atoms with Crippen LogP contribution in [0.2, 0.25) is 0 Å². The van der Waals surface area contributed by atoms with Crippen molar-refractivity contribution in [2.75, 3.05) is 0 Å². The first-order valence-corrected chi connectivity index (χ1v) is 6.65. The number of aromatic nitrogens is 4. The fourth-order valence-electron chi connectivity index (χ4n) is 2.18. The highest BCUT2D eigenvalue weighted by Crippen LogP contribution is 2.14. The first-order chi connectivity index (χ1) is 10.2. The first kappa shape index (κ1) is 13.2. The lowest BCUT2D eigenvalue weighted by Gasteiger charge is -2.03. The van der Waals surface area contributed by atoms with E-state index in [0.29, 0.717) is 18.7 Å². The molecule has 0 aliphatic rings. The van der Waals surface area contributed by atoms with Crippen LogP contribution in [0, 0.1) is 0 Å². The second kappa shape index (κ2) is 5.70. The SMILES string of the molecule is O=C(O)CCc1cn(Cc2ccc3ncccc3c2)nn1. The Bertz CT molecular complexity index is 782. The Hall–Kier alpha value is -2.76. The van der Waals surface area contributed by atoms with E-state index in [1.54, 1.807) is 17.1 Å². The molecular weight excluding hydrogens is 268 g/mol. The number of carbonyl (C=O) groups is 1. The topological polar surface area (TPSA) is 80.9 Å². The number of nitrogens with zero attached hydrogens (tertiary/aromatic N) is 4. The van der Waals surface area contributed by atoms with Gasteiger partial charge in [-0.3, -0.25) is 9.78 Å². The highest BCUT2D eigenvalue weighted by atomic mass is 16.4. The van der Waals surface area contributed by atoms with Gasteiger partial charge in [-0.2, -0.15) is 0 Å². The molecular formula is C15H14N4O2. The van der Waals surface area contributed by atoms with Gasteiger partial charge in [0.05, 0.1) is 24.2 Å². The Morgan fingerprint density at radius 2 is 2.19 bits per heavy atom. The number of carboxylic acid groups (broad SMARTS) is 1. The van der Waals surface area contributed by atoms with Gasteiger partial charge in [-0.1, -0.05) is 17.3 Å². The predicted octanol–water partition coefficient (Wildman–Crippen LogP) is 1.89. The summed E-state index contributed by atoms with van der Waals surface area (Å²) in [4.78, 5) is 14.8. The zero-order valence-corrected chi connectivity index (χ0v) is 11.3. The molecule has 106 valence electrons. The summed E-state index contributed by atoms with van der Waals surface area (Å²) in [5.41, 5.74) is 2.76. The Morgan fingerprint density at radius 1 is 1.29 bits per heavy atom. The number of aryl methyl sites for hydroxylation is 1. The van der Waals surface area contributed by atoms with Gasteiger partial charge in [0.1, 0.15) is 0 Å². The third-order valence-electron chi connectivity index (χ3n) is 3.19. The van der Waals surface area contributed by atoms with E-state index in [4.69, 9.17) is 5.11 Å². The van der Waals surface area contributed by atoms with Crippen molar-refractivity contribution >= 4 is 16.9 Å². The van der Waals surface area contributed by atoms with E-state index in [2.05, 4.69) is 21.4 Å². The van der Waals surface area contributed by atoms with Gasteiger partial charge in [0.15, 0.2) is 0 Å². The van der Waals surface area contributed by atoms with Gasteiger partial charge < -0.3 is 5.11 Å². The smallest absolute Gasteiger partial charge is 0.303 e. The zero-order valence-electron chi connectivity index (χ0n) is 11.3. The van der Waals surface area contributed by atoms with E-state index >= 15 is 0 Å². The molecule has 0 saturated heterocycles.